The van der Waals surface area contributed by atoms with Gasteiger partial charge in [0.2, 0.25) is 0 Å². The smallest absolute Gasteiger partial charge is 0.175 e. The molecular weight excluding hydrogens is 332 g/mol. The predicted molar refractivity (Wildman–Crippen MR) is 86.9 cm³/mol. The molecule has 0 radical (unpaired) electrons. The Morgan fingerprint density at radius 3 is 2.90 bits per heavy atom. The number of likely N-dealkylation sites (tertiary alicyclic amines) is 1. The minimum absolute atomic E-state index is 0.383. The number of hydrogen-bond acceptors (Lipinski definition) is 4. The molecule has 2 unspecified atom stereocenters. The zero-order chi connectivity index (χ0) is 14.8. The second-order valence-electron chi connectivity index (χ2n) is 5.74. The van der Waals surface area contributed by atoms with Crippen molar-refractivity contribution in [2.24, 2.45) is 11.7 Å². The largest absolute Gasteiger partial charge is 0.490 e. The van der Waals surface area contributed by atoms with Gasteiger partial charge in [-0.15, -0.1) is 0 Å². The van der Waals surface area contributed by atoms with E-state index in [0.717, 1.165) is 42.0 Å². The number of ether oxygens (including phenoxy) is 2. The zero-order valence-corrected chi connectivity index (χ0v) is 14.1. The quantitative estimate of drug-likeness (QED) is 0.906. The fourth-order valence-electron chi connectivity index (χ4n) is 3.43. The van der Waals surface area contributed by atoms with Crippen LogP contribution in [-0.4, -0.2) is 37.7 Å². The molecule has 1 aromatic rings. The number of fused-ring (bicyclic) bond motifs is 1. The van der Waals surface area contributed by atoms with Crippen LogP contribution in [0.3, 0.4) is 0 Å². The standard InChI is InChI=1S/C16H23BrN2O2/c1-2-19-5-4-11(10-18)15(19)12-8-13(17)16-14(9-12)20-6-3-7-21-16/h8-9,11,15H,2-7,10,18H2,1H3. The van der Waals surface area contributed by atoms with Gasteiger partial charge in [0.25, 0.3) is 0 Å². The van der Waals surface area contributed by atoms with Gasteiger partial charge in [-0.3, -0.25) is 4.90 Å². The number of hydrogen-bond donors (Lipinski definition) is 1. The first kappa shape index (κ1) is 15.1. The number of nitrogens with zero attached hydrogens (tertiary/aromatic N) is 1. The summed E-state index contributed by atoms with van der Waals surface area (Å²) in [7, 11) is 0. The molecule has 1 saturated heterocycles. The molecule has 0 spiro atoms. The Kier molecular flexibility index (Phi) is 4.72. The highest BCUT2D eigenvalue weighted by molar-refractivity contribution is 9.10. The molecule has 2 atom stereocenters. The predicted octanol–water partition coefficient (Wildman–Crippen LogP) is 2.95. The van der Waals surface area contributed by atoms with Crippen LogP contribution >= 0.6 is 15.9 Å². The lowest BCUT2D eigenvalue weighted by Crippen LogP contribution is -2.28. The first-order valence-electron chi connectivity index (χ1n) is 7.77. The van der Waals surface area contributed by atoms with Gasteiger partial charge in [0.15, 0.2) is 11.5 Å². The van der Waals surface area contributed by atoms with E-state index in [-0.39, 0.29) is 0 Å². The molecule has 1 fully saturated rings. The van der Waals surface area contributed by atoms with Crippen LogP contribution in [0.2, 0.25) is 0 Å². The third-order valence-corrected chi connectivity index (χ3v) is 5.09. The van der Waals surface area contributed by atoms with E-state index in [9.17, 15) is 0 Å². The van der Waals surface area contributed by atoms with Gasteiger partial charge in [0.1, 0.15) is 0 Å². The minimum Gasteiger partial charge on any atom is -0.490 e. The highest BCUT2D eigenvalue weighted by atomic mass is 79.9. The van der Waals surface area contributed by atoms with E-state index < -0.39 is 0 Å². The maximum atomic E-state index is 5.98. The van der Waals surface area contributed by atoms with Crippen LogP contribution < -0.4 is 15.2 Å². The molecule has 2 N–H and O–H groups in total. The van der Waals surface area contributed by atoms with Crippen LogP contribution in [0.4, 0.5) is 0 Å². The fourth-order valence-corrected chi connectivity index (χ4v) is 4.01. The molecule has 2 aliphatic heterocycles. The molecule has 2 heterocycles. The van der Waals surface area contributed by atoms with E-state index in [1.54, 1.807) is 0 Å². The van der Waals surface area contributed by atoms with Crippen LogP contribution in [0.5, 0.6) is 11.5 Å². The molecule has 0 bridgehead atoms. The third kappa shape index (κ3) is 2.91. The van der Waals surface area contributed by atoms with Crippen molar-refractivity contribution in [3.05, 3.63) is 22.2 Å². The number of benzene rings is 1. The summed E-state index contributed by atoms with van der Waals surface area (Å²) in [5, 5.41) is 0. The number of rotatable bonds is 3. The molecule has 0 aliphatic carbocycles. The van der Waals surface area contributed by atoms with E-state index in [0.29, 0.717) is 25.2 Å². The molecule has 1 aromatic carbocycles. The molecule has 0 aromatic heterocycles. The molecule has 116 valence electrons. The molecule has 4 nitrogen and oxygen atoms in total. The van der Waals surface area contributed by atoms with E-state index in [1.165, 1.54) is 12.0 Å². The van der Waals surface area contributed by atoms with Crippen molar-refractivity contribution in [2.75, 3.05) is 32.8 Å². The summed E-state index contributed by atoms with van der Waals surface area (Å²) in [6.07, 6.45) is 2.09. The molecule has 0 amide bonds. The lowest BCUT2D eigenvalue weighted by Gasteiger charge is -2.28. The SMILES string of the molecule is CCN1CCC(CN)C1c1cc(Br)c2c(c1)OCCCO2. The van der Waals surface area contributed by atoms with Crippen molar-refractivity contribution >= 4 is 15.9 Å². The van der Waals surface area contributed by atoms with Gasteiger partial charge in [-0.2, -0.15) is 0 Å². The highest BCUT2D eigenvalue weighted by Gasteiger charge is 2.34. The molecule has 0 saturated carbocycles. The Bertz CT molecular complexity index is 497. The van der Waals surface area contributed by atoms with E-state index in [1.807, 2.05) is 0 Å². The van der Waals surface area contributed by atoms with Crippen molar-refractivity contribution in [3.63, 3.8) is 0 Å². The Morgan fingerprint density at radius 1 is 1.33 bits per heavy atom. The van der Waals surface area contributed by atoms with Crippen LogP contribution in [0, 0.1) is 5.92 Å². The van der Waals surface area contributed by atoms with Gasteiger partial charge < -0.3 is 15.2 Å². The lowest BCUT2D eigenvalue weighted by molar-refractivity contribution is 0.240. The maximum absolute atomic E-state index is 5.98. The molecule has 3 rings (SSSR count). The average Bonchev–Trinajstić information content (AvgIpc) is 2.76. The monoisotopic (exact) mass is 354 g/mol. The summed E-state index contributed by atoms with van der Waals surface area (Å²) in [4.78, 5) is 2.50. The molecule has 2 aliphatic rings. The molecular formula is C16H23BrN2O2. The average molecular weight is 355 g/mol. The fraction of sp³-hybridized carbons (Fsp3) is 0.625. The van der Waals surface area contributed by atoms with Crippen molar-refractivity contribution < 1.29 is 9.47 Å². The van der Waals surface area contributed by atoms with Crippen LogP contribution in [-0.2, 0) is 0 Å². The summed E-state index contributed by atoms with van der Waals surface area (Å²) >= 11 is 3.64. The summed E-state index contributed by atoms with van der Waals surface area (Å²) in [6, 6.07) is 4.70. The summed E-state index contributed by atoms with van der Waals surface area (Å²) in [6.45, 7) is 6.53. The Balaban J connectivity index is 1.98. The number of nitrogens with two attached hydrogens (primary N) is 1. The Hall–Kier alpha value is -0.780. The Labute approximate surface area is 134 Å². The van der Waals surface area contributed by atoms with Crippen molar-refractivity contribution in [3.8, 4) is 11.5 Å². The summed E-state index contributed by atoms with van der Waals surface area (Å²) in [5.74, 6) is 2.21. The van der Waals surface area contributed by atoms with Gasteiger partial charge in [0.05, 0.1) is 17.7 Å². The van der Waals surface area contributed by atoms with Crippen molar-refractivity contribution in [2.45, 2.75) is 25.8 Å². The third-order valence-electron chi connectivity index (χ3n) is 4.50. The minimum atomic E-state index is 0.383. The van der Waals surface area contributed by atoms with Crippen LogP contribution in [0.25, 0.3) is 0 Å². The second kappa shape index (κ2) is 6.55. The first-order valence-corrected chi connectivity index (χ1v) is 8.57. The van der Waals surface area contributed by atoms with Gasteiger partial charge in [0, 0.05) is 12.5 Å². The summed E-state index contributed by atoms with van der Waals surface area (Å²) < 4.78 is 12.6. The van der Waals surface area contributed by atoms with Crippen molar-refractivity contribution in [1.82, 2.24) is 4.90 Å². The molecule has 5 heteroatoms. The topological polar surface area (TPSA) is 47.7 Å². The summed E-state index contributed by atoms with van der Waals surface area (Å²) in [5.41, 5.74) is 7.26. The van der Waals surface area contributed by atoms with Crippen LogP contribution in [0.15, 0.2) is 16.6 Å². The van der Waals surface area contributed by atoms with Crippen LogP contribution in [0.1, 0.15) is 31.4 Å². The van der Waals surface area contributed by atoms with Gasteiger partial charge in [-0.1, -0.05) is 6.92 Å². The zero-order valence-electron chi connectivity index (χ0n) is 12.5. The van der Waals surface area contributed by atoms with Crippen molar-refractivity contribution in [1.29, 1.82) is 0 Å². The van der Waals surface area contributed by atoms with Gasteiger partial charge in [-0.05, 0) is 65.6 Å². The van der Waals surface area contributed by atoms with E-state index in [4.69, 9.17) is 15.2 Å². The first-order chi connectivity index (χ1) is 10.2. The van der Waals surface area contributed by atoms with E-state index in [2.05, 4.69) is 39.9 Å². The van der Waals surface area contributed by atoms with Gasteiger partial charge >= 0.3 is 0 Å². The highest BCUT2D eigenvalue weighted by Crippen LogP contribution is 2.44. The Morgan fingerprint density at radius 2 is 2.14 bits per heavy atom. The normalized spacial score (nSPS) is 25.9. The van der Waals surface area contributed by atoms with Gasteiger partial charge in [-0.25, -0.2) is 0 Å². The second-order valence-corrected chi connectivity index (χ2v) is 6.59. The maximum Gasteiger partial charge on any atom is 0.175 e. The number of halogens is 1. The lowest BCUT2D eigenvalue weighted by atomic mass is 9.93. The van der Waals surface area contributed by atoms with E-state index >= 15 is 0 Å². The molecule has 21 heavy (non-hydrogen) atoms.